The molecular weight excluding hydrogens is 220 g/mol. The molecule has 94 valence electrons. The highest BCUT2D eigenvalue weighted by Crippen LogP contribution is 2.33. The second-order valence-corrected chi connectivity index (χ2v) is 4.70. The Morgan fingerprint density at radius 1 is 1.29 bits per heavy atom. The van der Waals surface area contributed by atoms with E-state index in [1.165, 1.54) is 0 Å². The number of benzene rings is 1. The van der Waals surface area contributed by atoms with Gasteiger partial charge in [0.2, 0.25) is 0 Å². The number of hydrogen-bond acceptors (Lipinski definition) is 4. The quantitative estimate of drug-likeness (QED) is 0.867. The summed E-state index contributed by atoms with van der Waals surface area (Å²) in [5, 5.41) is 9.92. The van der Waals surface area contributed by atoms with Crippen LogP contribution in [0.25, 0.3) is 0 Å². The molecule has 4 nitrogen and oxygen atoms in total. The molecule has 17 heavy (non-hydrogen) atoms. The third kappa shape index (κ3) is 2.70. The van der Waals surface area contributed by atoms with E-state index in [-0.39, 0.29) is 6.10 Å². The van der Waals surface area contributed by atoms with Crippen molar-refractivity contribution in [2.24, 2.45) is 0 Å². The monoisotopic (exact) mass is 238 g/mol. The molecule has 0 amide bonds. The molecule has 0 saturated carbocycles. The largest absolute Gasteiger partial charge is 0.493 e. The number of aliphatic hydroxyl groups is 1. The van der Waals surface area contributed by atoms with Crippen LogP contribution in [0.4, 0.5) is 0 Å². The van der Waals surface area contributed by atoms with Crippen LogP contribution in [0.5, 0.6) is 11.5 Å². The summed E-state index contributed by atoms with van der Waals surface area (Å²) in [5.74, 6) is 1.32. The fraction of sp³-hybridized carbons (Fsp3) is 0.538. The number of hydrogen-bond donors (Lipinski definition) is 1. The van der Waals surface area contributed by atoms with E-state index in [1.54, 1.807) is 27.0 Å². The van der Waals surface area contributed by atoms with Crippen molar-refractivity contribution in [2.75, 3.05) is 20.3 Å². The van der Waals surface area contributed by atoms with Gasteiger partial charge in [-0.15, -0.1) is 0 Å². The number of rotatable bonds is 4. The summed E-state index contributed by atoms with van der Waals surface area (Å²) in [6, 6.07) is 5.47. The Labute approximate surface area is 101 Å². The van der Waals surface area contributed by atoms with Crippen LogP contribution in [-0.4, -0.2) is 31.5 Å². The summed E-state index contributed by atoms with van der Waals surface area (Å²) in [4.78, 5) is 0. The van der Waals surface area contributed by atoms with Crippen LogP contribution < -0.4 is 9.47 Å². The molecule has 0 aromatic heterocycles. The van der Waals surface area contributed by atoms with E-state index < -0.39 is 5.60 Å². The molecule has 4 heteroatoms. The minimum Gasteiger partial charge on any atom is -0.493 e. The summed E-state index contributed by atoms with van der Waals surface area (Å²) in [6.07, 6.45) is 0.108. The summed E-state index contributed by atoms with van der Waals surface area (Å²) >= 11 is 0. The smallest absolute Gasteiger partial charge is 0.161 e. The topological polar surface area (TPSA) is 47.9 Å². The van der Waals surface area contributed by atoms with Crippen molar-refractivity contribution >= 4 is 0 Å². The first kappa shape index (κ1) is 12.2. The molecule has 1 aromatic rings. The third-order valence-electron chi connectivity index (χ3n) is 2.77. The van der Waals surface area contributed by atoms with Crippen LogP contribution in [-0.2, 0) is 10.3 Å². The zero-order valence-corrected chi connectivity index (χ0v) is 10.4. The minimum atomic E-state index is -0.884. The first-order valence-corrected chi connectivity index (χ1v) is 5.66. The Morgan fingerprint density at radius 3 is 2.47 bits per heavy atom. The zero-order chi connectivity index (χ0) is 12.5. The molecule has 1 aromatic carbocycles. The van der Waals surface area contributed by atoms with Gasteiger partial charge in [-0.3, -0.25) is 0 Å². The predicted molar refractivity (Wildman–Crippen MR) is 63.5 cm³/mol. The SMILES string of the molecule is COc1cc(C(C)(C)O)ccc1OC1COC1. The maximum Gasteiger partial charge on any atom is 0.161 e. The van der Waals surface area contributed by atoms with Gasteiger partial charge >= 0.3 is 0 Å². The van der Waals surface area contributed by atoms with Gasteiger partial charge in [0, 0.05) is 0 Å². The molecule has 2 rings (SSSR count). The molecule has 1 aliphatic rings. The van der Waals surface area contributed by atoms with Gasteiger partial charge in [0.15, 0.2) is 11.5 Å². The highest BCUT2D eigenvalue weighted by Gasteiger charge is 2.23. The molecule has 0 aliphatic carbocycles. The summed E-state index contributed by atoms with van der Waals surface area (Å²) in [6.45, 7) is 4.72. The first-order valence-electron chi connectivity index (χ1n) is 5.66. The molecule has 0 unspecified atom stereocenters. The van der Waals surface area contributed by atoms with Gasteiger partial charge in [-0.25, -0.2) is 0 Å². The van der Waals surface area contributed by atoms with Gasteiger partial charge in [-0.1, -0.05) is 6.07 Å². The van der Waals surface area contributed by atoms with Crippen LogP contribution >= 0.6 is 0 Å². The molecule has 1 fully saturated rings. The molecule has 1 saturated heterocycles. The molecule has 0 bridgehead atoms. The predicted octanol–water partition coefficient (Wildman–Crippen LogP) is 1.70. The molecule has 1 N–H and O–H groups in total. The van der Waals surface area contributed by atoms with E-state index in [1.807, 2.05) is 12.1 Å². The number of ether oxygens (including phenoxy) is 3. The standard InChI is InChI=1S/C13H18O4/c1-13(2,14)9-4-5-11(12(6-9)15-3)17-10-7-16-8-10/h4-6,10,14H,7-8H2,1-3H3. The van der Waals surface area contributed by atoms with Crippen LogP contribution in [0, 0.1) is 0 Å². The lowest BCUT2D eigenvalue weighted by atomic mass is 9.98. The lowest BCUT2D eigenvalue weighted by Gasteiger charge is -2.28. The Hall–Kier alpha value is -1.26. The Morgan fingerprint density at radius 2 is 2.00 bits per heavy atom. The fourth-order valence-electron chi connectivity index (χ4n) is 1.61. The van der Waals surface area contributed by atoms with Crippen LogP contribution in [0.15, 0.2) is 18.2 Å². The maximum absolute atomic E-state index is 9.92. The fourth-order valence-corrected chi connectivity index (χ4v) is 1.61. The van der Waals surface area contributed by atoms with E-state index in [4.69, 9.17) is 14.2 Å². The molecule has 0 atom stereocenters. The molecule has 0 radical (unpaired) electrons. The Bertz CT molecular complexity index is 391. The molecule has 0 spiro atoms. The van der Waals surface area contributed by atoms with Gasteiger partial charge in [-0.2, -0.15) is 0 Å². The third-order valence-corrected chi connectivity index (χ3v) is 2.77. The van der Waals surface area contributed by atoms with E-state index in [0.717, 1.165) is 5.56 Å². The Kier molecular flexibility index (Phi) is 3.26. The van der Waals surface area contributed by atoms with E-state index in [9.17, 15) is 5.11 Å². The number of methoxy groups -OCH3 is 1. The van der Waals surface area contributed by atoms with Gasteiger partial charge in [-0.05, 0) is 31.5 Å². The average molecular weight is 238 g/mol. The van der Waals surface area contributed by atoms with Crippen LogP contribution in [0.2, 0.25) is 0 Å². The second kappa shape index (κ2) is 4.55. The molecular formula is C13H18O4. The molecule has 1 aliphatic heterocycles. The summed E-state index contributed by atoms with van der Waals surface area (Å²) in [7, 11) is 1.59. The lowest BCUT2D eigenvalue weighted by Crippen LogP contribution is -2.38. The highest BCUT2D eigenvalue weighted by atomic mass is 16.6. The van der Waals surface area contributed by atoms with E-state index in [0.29, 0.717) is 24.7 Å². The Balaban J connectivity index is 2.21. The minimum absolute atomic E-state index is 0.108. The zero-order valence-electron chi connectivity index (χ0n) is 10.4. The first-order chi connectivity index (χ1) is 8.00. The van der Waals surface area contributed by atoms with Crippen molar-refractivity contribution in [2.45, 2.75) is 25.6 Å². The van der Waals surface area contributed by atoms with E-state index >= 15 is 0 Å². The van der Waals surface area contributed by atoms with Crippen molar-refractivity contribution < 1.29 is 19.3 Å². The maximum atomic E-state index is 9.92. The van der Waals surface area contributed by atoms with Gasteiger partial charge < -0.3 is 19.3 Å². The van der Waals surface area contributed by atoms with Crippen molar-refractivity contribution in [3.8, 4) is 11.5 Å². The lowest BCUT2D eigenvalue weighted by molar-refractivity contribution is -0.0803. The molecule has 1 heterocycles. The van der Waals surface area contributed by atoms with Gasteiger partial charge in [0.05, 0.1) is 25.9 Å². The van der Waals surface area contributed by atoms with Crippen molar-refractivity contribution in [1.82, 2.24) is 0 Å². The normalized spacial score (nSPS) is 16.5. The van der Waals surface area contributed by atoms with Crippen molar-refractivity contribution in [3.63, 3.8) is 0 Å². The van der Waals surface area contributed by atoms with Gasteiger partial charge in [0.1, 0.15) is 6.10 Å². The summed E-state index contributed by atoms with van der Waals surface area (Å²) < 4.78 is 16.0. The average Bonchev–Trinajstić information content (AvgIpc) is 2.22. The second-order valence-electron chi connectivity index (χ2n) is 4.70. The summed E-state index contributed by atoms with van der Waals surface area (Å²) in [5.41, 5.74) is -0.0858. The van der Waals surface area contributed by atoms with Crippen molar-refractivity contribution in [3.05, 3.63) is 23.8 Å². The highest BCUT2D eigenvalue weighted by molar-refractivity contribution is 5.44. The van der Waals surface area contributed by atoms with E-state index in [2.05, 4.69) is 0 Å². The van der Waals surface area contributed by atoms with Crippen molar-refractivity contribution in [1.29, 1.82) is 0 Å². The van der Waals surface area contributed by atoms with Crippen LogP contribution in [0.1, 0.15) is 19.4 Å². The van der Waals surface area contributed by atoms with Crippen LogP contribution in [0.3, 0.4) is 0 Å². The van der Waals surface area contributed by atoms with Gasteiger partial charge in [0.25, 0.3) is 0 Å².